The van der Waals surface area contributed by atoms with Gasteiger partial charge in [0, 0.05) is 22.3 Å². The van der Waals surface area contributed by atoms with Crippen molar-refractivity contribution in [2.75, 3.05) is 0 Å². The molecule has 2 aliphatic carbocycles. The van der Waals surface area contributed by atoms with E-state index in [-0.39, 0.29) is 18.1 Å². The van der Waals surface area contributed by atoms with Crippen LogP contribution in [0.1, 0.15) is 56.9 Å². The van der Waals surface area contributed by atoms with Crippen LogP contribution >= 0.6 is 11.8 Å². The van der Waals surface area contributed by atoms with Crippen molar-refractivity contribution in [1.29, 1.82) is 0 Å². The summed E-state index contributed by atoms with van der Waals surface area (Å²) in [6.45, 7) is 0. The van der Waals surface area contributed by atoms with E-state index < -0.39 is 0 Å². The van der Waals surface area contributed by atoms with Gasteiger partial charge in [0.2, 0.25) is 5.91 Å². The van der Waals surface area contributed by atoms with Crippen LogP contribution in [0.2, 0.25) is 0 Å². The van der Waals surface area contributed by atoms with E-state index in [1.165, 1.54) is 30.6 Å². The maximum absolute atomic E-state index is 12.2. The van der Waals surface area contributed by atoms with Crippen LogP contribution in [0.5, 0.6) is 0 Å². The van der Waals surface area contributed by atoms with Crippen LogP contribution in [0, 0.1) is 0 Å². The summed E-state index contributed by atoms with van der Waals surface area (Å²) in [5, 5.41) is 13.3. The fraction of sp³-hybridized carbons (Fsp3) is 0.550. The number of hydrogen-bond donors (Lipinski definition) is 2. The molecule has 0 bridgehead atoms. The maximum atomic E-state index is 12.2. The molecule has 1 amide bonds. The quantitative estimate of drug-likeness (QED) is 0.788. The average Bonchev–Trinajstić information content (AvgIpc) is 3.09. The topological polar surface area (TPSA) is 49.3 Å². The monoisotopic (exact) mass is 345 g/mol. The molecule has 0 aromatic heterocycles. The van der Waals surface area contributed by atoms with Gasteiger partial charge in [0.15, 0.2) is 0 Å². The van der Waals surface area contributed by atoms with Gasteiger partial charge in [0.1, 0.15) is 0 Å². The molecule has 0 aliphatic heterocycles. The van der Waals surface area contributed by atoms with Crippen molar-refractivity contribution in [2.45, 2.75) is 73.7 Å². The van der Waals surface area contributed by atoms with Crippen molar-refractivity contribution < 1.29 is 9.90 Å². The van der Waals surface area contributed by atoms with Crippen molar-refractivity contribution in [3.63, 3.8) is 0 Å². The molecular weight excluding hydrogens is 318 g/mol. The molecule has 24 heavy (non-hydrogen) atoms. The Kier molecular flexibility index (Phi) is 6.38. The molecule has 0 atom stereocenters. The fourth-order valence-electron chi connectivity index (χ4n) is 3.55. The fourth-order valence-corrected chi connectivity index (χ4v) is 4.90. The van der Waals surface area contributed by atoms with Crippen molar-refractivity contribution >= 4 is 23.7 Å². The van der Waals surface area contributed by atoms with Gasteiger partial charge in [-0.15, -0.1) is 11.8 Å². The van der Waals surface area contributed by atoms with Crippen molar-refractivity contribution in [1.82, 2.24) is 5.32 Å². The highest BCUT2D eigenvalue weighted by atomic mass is 32.2. The minimum absolute atomic E-state index is 0.0305. The Morgan fingerprint density at radius 2 is 1.79 bits per heavy atom. The Labute approximate surface area is 148 Å². The number of carbonyl (C=O) groups excluding carboxylic acids is 1. The second kappa shape index (κ2) is 8.72. The Hall–Kier alpha value is -1.26. The molecule has 2 N–H and O–H groups in total. The largest absolute Gasteiger partial charge is 0.393 e. The van der Waals surface area contributed by atoms with Gasteiger partial charge < -0.3 is 10.4 Å². The Morgan fingerprint density at radius 3 is 2.54 bits per heavy atom. The number of aliphatic hydroxyl groups excluding tert-OH is 1. The normalized spacial score (nSPS) is 25.2. The zero-order chi connectivity index (χ0) is 16.8. The van der Waals surface area contributed by atoms with Gasteiger partial charge in [0.25, 0.3) is 0 Å². The molecule has 3 nitrogen and oxygen atoms in total. The number of hydrogen-bond acceptors (Lipinski definition) is 3. The molecule has 0 saturated heterocycles. The zero-order valence-electron chi connectivity index (χ0n) is 14.1. The highest BCUT2D eigenvalue weighted by Crippen LogP contribution is 2.36. The minimum Gasteiger partial charge on any atom is -0.393 e. The third kappa shape index (κ3) is 5.12. The van der Waals surface area contributed by atoms with E-state index >= 15 is 0 Å². The molecule has 2 aliphatic rings. The molecule has 2 fully saturated rings. The first kappa shape index (κ1) is 17.6. The summed E-state index contributed by atoms with van der Waals surface area (Å²) in [4.78, 5) is 13.4. The van der Waals surface area contributed by atoms with E-state index in [0.717, 1.165) is 36.5 Å². The molecule has 2 saturated carbocycles. The second-order valence-electron chi connectivity index (χ2n) is 6.91. The van der Waals surface area contributed by atoms with Gasteiger partial charge in [-0.2, -0.15) is 0 Å². The third-order valence-electron chi connectivity index (χ3n) is 4.97. The molecule has 0 heterocycles. The van der Waals surface area contributed by atoms with Gasteiger partial charge in [-0.25, -0.2) is 0 Å². The molecule has 1 aromatic rings. The van der Waals surface area contributed by atoms with E-state index in [2.05, 4.69) is 23.5 Å². The number of rotatable bonds is 5. The number of nitrogens with one attached hydrogen (secondary N) is 1. The average molecular weight is 346 g/mol. The summed E-state index contributed by atoms with van der Waals surface area (Å²) in [6, 6.07) is 8.54. The summed E-state index contributed by atoms with van der Waals surface area (Å²) in [5.41, 5.74) is 1.13. The smallest absolute Gasteiger partial charge is 0.244 e. The summed E-state index contributed by atoms with van der Waals surface area (Å²) in [5.74, 6) is -0.0305. The SMILES string of the molecule is O=C(C=Cc1ccccc1SC1CCCC1)NC1CCC(O)CC1. The first-order valence-corrected chi connectivity index (χ1v) is 10.0. The summed E-state index contributed by atoms with van der Waals surface area (Å²) in [7, 11) is 0. The maximum Gasteiger partial charge on any atom is 0.244 e. The molecule has 4 heteroatoms. The van der Waals surface area contributed by atoms with Crippen LogP contribution in [-0.2, 0) is 4.79 Å². The number of benzene rings is 1. The van der Waals surface area contributed by atoms with Crippen LogP contribution in [-0.4, -0.2) is 28.4 Å². The van der Waals surface area contributed by atoms with Crippen LogP contribution in [0.4, 0.5) is 0 Å². The van der Waals surface area contributed by atoms with Crippen LogP contribution in [0.15, 0.2) is 35.2 Å². The third-order valence-corrected chi connectivity index (χ3v) is 6.40. The lowest BCUT2D eigenvalue weighted by molar-refractivity contribution is -0.117. The lowest BCUT2D eigenvalue weighted by atomic mass is 9.93. The van der Waals surface area contributed by atoms with Gasteiger partial charge in [-0.1, -0.05) is 31.0 Å². The molecule has 0 unspecified atom stereocenters. The summed E-state index contributed by atoms with van der Waals surface area (Å²) >= 11 is 1.95. The van der Waals surface area contributed by atoms with Crippen molar-refractivity contribution in [3.8, 4) is 0 Å². The van der Waals surface area contributed by atoms with Gasteiger partial charge >= 0.3 is 0 Å². The lowest BCUT2D eigenvalue weighted by Crippen LogP contribution is -2.37. The first-order chi connectivity index (χ1) is 11.7. The minimum atomic E-state index is -0.187. The van der Waals surface area contributed by atoms with E-state index in [9.17, 15) is 9.90 Å². The van der Waals surface area contributed by atoms with E-state index in [4.69, 9.17) is 0 Å². The molecule has 0 radical (unpaired) electrons. The lowest BCUT2D eigenvalue weighted by Gasteiger charge is -2.25. The van der Waals surface area contributed by atoms with Crippen molar-refractivity contribution in [2.24, 2.45) is 0 Å². The number of amides is 1. The van der Waals surface area contributed by atoms with Gasteiger partial charge in [0.05, 0.1) is 6.10 Å². The molecule has 130 valence electrons. The van der Waals surface area contributed by atoms with Crippen LogP contribution < -0.4 is 5.32 Å². The zero-order valence-corrected chi connectivity index (χ0v) is 14.9. The highest BCUT2D eigenvalue weighted by molar-refractivity contribution is 8.00. The summed E-state index contributed by atoms with van der Waals surface area (Å²) in [6.07, 6.45) is 12.0. The van der Waals surface area contributed by atoms with E-state index in [0.29, 0.717) is 0 Å². The molecule has 0 spiro atoms. The Balaban J connectivity index is 1.56. The number of aliphatic hydroxyl groups is 1. The van der Waals surface area contributed by atoms with Crippen LogP contribution in [0.3, 0.4) is 0 Å². The van der Waals surface area contributed by atoms with E-state index in [1.807, 2.05) is 23.9 Å². The van der Waals surface area contributed by atoms with Crippen molar-refractivity contribution in [3.05, 3.63) is 35.9 Å². The van der Waals surface area contributed by atoms with Crippen LogP contribution in [0.25, 0.3) is 6.08 Å². The van der Waals surface area contributed by atoms with Gasteiger partial charge in [-0.3, -0.25) is 4.79 Å². The highest BCUT2D eigenvalue weighted by Gasteiger charge is 2.20. The molecular formula is C20H27NO2S. The predicted octanol–water partition coefficient (Wildman–Crippen LogP) is 4.15. The second-order valence-corrected chi connectivity index (χ2v) is 8.25. The first-order valence-electron chi connectivity index (χ1n) is 9.13. The predicted molar refractivity (Wildman–Crippen MR) is 100.0 cm³/mol. The Bertz CT molecular complexity index is 573. The van der Waals surface area contributed by atoms with Gasteiger partial charge in [-0.05, 0) is 56.2 Å². The standard InChI is InChI=1S/C20H27NO2S/c22-17-12-10-16(11-13-17)21-20(23)14-9-15-5-1-4-8-19(15)24-18-6-2-3-7-18/h1,4-5,8-9,14,16-18,22H,2-3,6-7,10-13H2,(H,21,23). The molecule has 1 aromatic carbocycles. The number of thioether (sulfide) groups is 1. The molecule has 3 rings (SSSR count). The Morgan fingerprint density at radius 1 is 1.08 bits per heavy atom. The summed E-state index contributed by atoms with van der Waals surface area (Å²) < 4.78 is 0. The van der Waals surface area contributed by atoms with E-state index in [1.54, 1.807) is 6.08 Å². The number of carbonyl (C=O) groups is 1.